The summed E-state index contributed by atoms with van der Waals surface area (Å²) in [6.07, 6.45) is 0. The summed E-state index contributed by atoms with van der Waals surface area (Å²) >= 11 is 5.75. The van der Waals surface area contributed by atoms with Gasteiger partial charge in [-0.1, -0.05) is 30.3 Å². The third-order valence-corrected chi connectivity index (χ3v) is 3.51. The van der Waals surface area contributed by atoms with Gasteiger partial charge in [0.1, 0.15) is 5.88 Å². The van der Waals surface area contributed by atoms with Crippen molar-refractivity contribution >= 4 is 28.9 Å². The quantitative estimate of drug-likeness (QED) is 0.789. The van der Waals surface area contributed by atoms with Crippen molar-refractivity contribution in [1.82, 2.24) is 0 Å². The molecular formula is C17H19ClN2O. The summed E-state index contributed by atoms with van der Waals surface area (Å²) in [5.41, 5.74) is 3.03. The molecule has 0 unspecified atom stereocenters. The van der Waals surface area contributed by atoms with Crippen LogP contribution in [-0.2, 0) is 11.3 Å². The van der Waals surface area contributed by atoms with E-state index in [1.165, 1.54) is 0 Å². The molecule has 0 heterocycles. The van der Waals surface area contributed by atoms with Gasteiger partial charge >= 0.3 is 0 Å². The van der Waals surface area contributed by atoms with E-state index in [1.807, 2.05) is 73.6 Å². The highest BCUT2D eigenvalue weighted by atomic mass is 35.5. The Morgan fingerprint density at radius 2 is 1.52 bits per heavy atom. The second-order valence-corrected chi connectivity index (χ2v) is 5.28. The van der Waals surface area contributed by atoms with Crippen molar-refractivity contribution in [2.24, 2.45) is 0 Å². The summed E-state index contributed by atoms with van der Waals surface area (Å²) in [5, 5.41) is 0. The van der Waals surface area contributed by atoms with Crippen LogP contribution in [0.1, 0.15) is 5.56 Å². The first-order valence-electron chi connectivity index (χ1n) is 6.79. The predicted octanol–water partition coefficient (Wildman–Crippen LogP) is 3.52. The van der Waals surface area contributed by atoms with Crippen LogP contribution in [0.5, 0.6) is 0 Å². The number of hydrogen-bond donors (Lipinski definition) is 0. The number of halogens is 1. The SMILES string of the molecule is CN(C)c1ccc(N(Cc2ccccc2)C(=O)CCl)cc1. The molecule has 0 spiro atoms. The molecule has 0 bridgehead atoms. The Morgan fingerprint density at radius 3 is 2.05 bits per heavy atom. The van der Waals surface area contributed by atoms with Crippen LogP contribution in [0.4, 0.5) is 11.4 Å². The Hall–Kier alpha value is -2.00. The molecule has 2 aromatic carbocycles. The molecular weight excluding hydrogens is 284 g/mol. The lowest BCUT2D eigenvalue weighted by Crippen LogP contribution is -2.31. The van der Waals surface area contributed by atoms with E-state index in [0.717, 1.165) is 16.9 Å². The van der Waals surface area contributed by atoms with Crippen LogP contribution in [0.15, 0.2) is 54.6 Å². The standard InChI is InChI=1S/C17H19ClN2O/c1-19(2)15-8-10-16(11-9-15)20(17(21)12-18)13-14-6-4-3-5-7-14/h3-11H,12-13H2,1-2H3. The van der Waals surface area contributed by atoms with E-state index in [0.29, 0.717) is 6.54 Å². The first-order chi connectivity index (χ1) is 10.1. The van der Waals surface area contributed by atoms with E-state index >= 15 is 0 Å². The van der Waals surface area contributed by atoms with E-state index in [4.69, 9.17) is 11.6 Å². The van der Waals surface area contributed by atoms with Crippen molar-refractivity contribution in [2.75, 3.05) is 29.8 Å². The number of hydrogen-bond acceptors (Lipinski definition) is 2. The molecule has 0 aliphatic heterocycles. The molecule has 0 saturated carbocycles. The molecule has 1 amide bonds. The monoisotopic (exact) mass is 302 g/mol. The van der Waals surface area contributed by atoms with Crippen molar-refractivity contribution < 1.29 is 4.79 Å². The lowest BCUT2D eigenvalue weighted by molar-refractivity contribution is -0.116. The zero-order valence-electron chi connectivity index (χ0n) is 12.3. The van der Waals surface area contributed by atoms with Crippen molar-refractivity contribution in [3.8, 4) is 0 Å². The minimum atomic E-state index is -0.0990. The molecule has 2 rings (SSSR count). The Bertz CT molecular complexity index is 581. The van der Waals surface area contributed by atoms with Gasteiger partial charge in [-0.15, -0.1) is 11.6 Å². The highest BCUT2D eigenvalue weighted by molar-refractivity contribution is 6.29. The van der Waals surface area contributed by atoms with Crippen molar-refractivity contribution in [1.29, 1.82) is 0 Å². The Labute approximate surface area is 130 Å². The molecule has 4 heteroatoms. The average molecular weight is 303 g/mol. The Kier molecular flexibility index (Phi) is 5.23. The van der Waals surface area contributed by atoms with Crippen molar-refractivity contribution in [3.63, 3.8) is 0 Å². The zero-order valence-corrected chi connectivity index (χ0v) is 13.0. The Balaban J connectivity index is 2.25. The van der Waals surface area contributed by atoms with Crippen LogP contribution < -0.4 is 9.80 Å². The van der Waals surface area contributed by atoms with E-state index < -0.39 is 0 Å². The minimum Gasteiger partial charge on any atom is -0.378 e. The van der Waals surface area contributed by atoms with Gasteiger partial charge in [0.05, 0.1) is 6.54 Å². The first kappa shape index (κ1) is 15.4. The van der Waals surface area contributed by atoms with Gasteiger partial charge in [-0.25, -0.2) is 0 Å². The second kappa shape index (κ2) is 7.14. The number of nitrogens with zero attached hydrogens (tertiary/aromatic N) is 2. The average Bonchev–Trinajstić information content (AvgIpc) is 2.53. The molecule has 0 saturated heterocycles. The van der Waals surface area contributed by atoms with Gasteiger partial charge in [0, 0.05) is 25.5 Å². The van der Waals surface area contributed by atoms with E-state index in [-0.39, 0.29) is 11.8 Å². The fourth-order valence-electron chi connectivity index (χ4n) is 2.09. The molecule has 0 radical (unpaired) electrons. The van der Waals surface area contributed by atoms with Crippen molar-refractivity contribution in [2.45, 2.75) is 6.54 Å². The molecule has 0 atom stereocenters. The lowest BCUT2D eigenvalue weighted by Gasteiger charge is -2.23. The van der Waals surface area contributed by atoms with Crippen molar-refractivity contribution in [3.05, 3.63) is 60.2 Å². The molecule has 3 nitrogen and oxygen atoms in total. The molecule has 0 aliphatic carbocycles. The molecule has 21 heavy (non-hydrogen) atoms. The lowest BCUT2D eigenvalue weighted by atomic mass is 10.2. The third kappa shape index (κ3) is 3.99. The van der Waals surface area contributed by atoms with Crippen LogP contribution in [0.2, 0.25) is 0 Å². The normalized spacial score (nSPS) is 10.2. The zero-order chi connectivity index (χ0) is 15.2. The van der Waals surface area contributed by atoms with Gasteiger partial charge in [0.2, 0.25) is 5.91 Å². The summed E-state index contributed by atoms with van der Waals surface area (Å²) in [6, 6.07) is 17.8. The fourth-order valence-corrected chi connectivity index (χ4v) is 2.24. The molecule has 2 aromatic rings. The number of carbonyl (C=O) groups excluding carboxylic acids is 1. The largest absolute Gasteiger partial charge is 0.378 e. The molecule has 0 aromatic heterocycles. The van der Waals surface area contributed by atoms with Crippen LogP contribution in [0.3, 0.4) is 0 Å². The van der Waals surface area contributed by atoms with Crippen LogP contribution in [0, 0.1) is 0 Å². The highest BCUT2D eigenvalue weighted by Crippen LogP contribution is 2.21. The highest BCUT2D eigenvalue weighted by Gasteiger charge is 2.15. The van der Waals surface area contributed by atoms with Gasteiger partial charge in [0.15, 0.2) is 0 Å². The number of rotatable bonds is 5. The van der Waals surface area contributed by atoms with Gasteiger partial charge in [0.25, 0.3) is 0 Å². The number of carbonyl (C=O) groups is 1. The minimum absolute atomic E-state index is 0.0255. The summed E-state index contributed by atoms with van der Waals surface area (Å²) in [5.74, 6) is -0.124. The molecule has 110 valence electrons. The predicted molar refractivity (Wildman–Crippen MR) is 89.1 cm³/mol. The smallest absolute Gasteiger partial charge is 0.242 e. The topological polar surface area (TPSA) is 23.6 Å². The van der Waals surface area contributed by atoms with Gasteiger partial charge in [-0.05, 0) is 29.8 Å². The third-order valence-electron chi connectivity index (χ3n) is 3.28. The molecule has 0 N–H and O–H groups in total. The number of benzene rings is 2. The van der Waals surface area contributed by atoms with Gasteiger partial charge in [-0.3, -0.25) is 4.79 Å². The maximum absolute atomic E-state index is 12.1. The van der Waals surface area contributed by atoms with E-state index in [2.05, 4.69) is 0 Å². The van der Waals surface area contributed by atoms with Crippen LogP contribution in [0.25, 0.3) is 0 Å². The number of alkyl halides is 1. The van der Waals surface area contributed by atoms with Gasteiger partial charge in [-0.2, -0.15) is 0 Å². The van der Waals surface area contributed by atoms with Gasteiger partial charge < -0.3 is 9.80 Å². The maximum atomic E-state index is 12.1. The molecule has 0 aliphatic rings. The van der Waals surface area contributed by atoms with E-state index in [1.54, 1.807) is 4.90 Å². The number of amides is 1. The Morgan fingerprint density at radius 1 is 0.952 bits per heavy atom. The van der Waals surface area contributed by atoms with E-state index in [9.17, 15) is 4.79 Å². The molecule has 0 fully saturated rings. The summed E-state index contributed by atoms with van der Waals surface area (Å²) < 4.78 is 0. The summed E-state index contributed by atoms with van der Waals surface area (Å²) in [7, 11) is 3.97. The number of anilines is 2. The van der Waals surface area contributed by atoms with Crippen LogP contribution >= 0.6 is 11.6 Å². The fraction of sp³-hybridized carbons (Fsp3) is 0.235. The maximum Gasteiger partial charge on any atom is 0.242 e. The second-order valence-electron chi connectivity index (χ2n) is 5.01. The first-order valence-corrected chi connectivity index (χ1v) is 7.33. The summed E-state index contributed by atoms with van der Waals surface area (Å²) in [6.45, 7) is 0.522. The summed E-state index contributed by atoms with van der Waals surface area (Å²) in [4.78, 5) is 15.9. The van der Waals surface area contributed by atoms with Crippen LogP contribution in [-0.4, -0.2) is 25.9 Å².